The highest BCUT2D eigenvalue weighted by atomic mass is 35.6. The quantitative estimate of drug-likeness (QED) is 0.348. The number of ether oxygens (including phenoxy) is 2. The molecule has 0 saturated carbocycles. The summed E-state index contributed by atoms with van der Waals surface area (Å²) in [7, 11) is 0. The number of non-ortho nitro benzene ring substituents is 1. The minimum atomic E-state index is -2.18. The van der Waals surface area contributed by atoms with Gasteiger partial charge in [0.05, 0.1) is 15.9 Å². The standard InChI is InChI=1S/C10H4Cl6N2O6/c11-9(12,13)7-4-1-3(17(19)20)2-5(18(21)22)6(4)23-8(24-7)10(14,15)16/h1-2,7-8H/t7-,8+/m1/s1. The number of rotatable bonds is 2. The third-order valence-electron chi connectivity index (χ3n) is 2.82. The molecule has 1 aromatic carbocycles. The number of fused-ring (bicyclic) bond motifs is 1. The fourth-order valence-electron chi connectivity index (χ4n) is 1.91. The van der Waals surface area contributed by atoms with E-state index in [9.17, 15) is 20.2 Å². The fraction of sp³-hybridized carbons (Fsp3) is 0.400. The number of alkyl halides is 6. The summed E-state index contributed by atoms with van der Waals surface area (Å²) in [5.74, 6) is -0.454. The third-order valence-corrected chi connectivity index (χ3v) is 3.95. The van der Waals surface area contributed by atoms with E-state index < -0.39 is 46.9 Å². The first-order valence-electron chi connectivity index (χ1n) is 5.74. The van der Waals surface area contributed by atoms with Gasteiger partial charge in [-0.15, -0.1) is 0 Å². The summed E-state index contributed by atoms with van der Waals surface area (Å²) < 4.78 is 6.08. The Balaban J connectivity index is 2.73. The number of hydrogen-bond acceptors (Lipinski definition) is 6. The largest absolute Gasteiger partial charge is 0.453 e. The lowest BCUT2D eigenvalue weighted by atomic mass is 10.1. The minimum Gasteiger partial charge on any atom is -0.453 e. The van der Waals surface area contributed by atoms with Crippen LogP contribution >= 0.6 is 69.6 Å². The molecule has 0 unspecified atom stereocenters. The predicted octanol–water partition coefficient (Wildman–Crippen LogP) is 5.02. The van der Waals surface area contributed by atoms with Gasteiger partial charge in [0.2, 0.25) is 15.8 Å². The molecular weight excluding hydrogens is 457 g/mol. The van der Waals surface area contributed by atoms with Crippen LogP contribution in [0.15, 0.2) is 12.1 Å². The van der Waals surface area contributed by atoms with Crippen molar-refractivity contribution in [1.82, 2.24) is 0 Å². The number of hydrogen-bond donors (Lipinski definition) is 0. The number of benzene rings is 1. The summed E-state index contributed by atoms with van der Waals surface area (Å²) in [4.78, 5) is 20.4. The molecule has 8 nitrogen and oxygen atoms in total. The highest BCUT2D eigenvalue weighted by molar-refractivity contribution is 6.68. The van der Waals surface area contributed by atoms with Crippen LogP contribution in [0.3, 0.4) is 0 Å². The SMILES string of the molecule is O=[N+]([O-])c1cc2c(c([N+](=O)[O-])c1)O[C@H](C(Cl)(Cl)Cl)O[C@H]2C(Cl)(Cl)Cl. The highest BCUT2D eigenvalue weighted by Crippen LogP contribution is 2.54. The van der Waals surface area contributed by atoms with Crippen LogP contribution in [-0.2, 0) is 4.74 Å². The Hall–Kier alpha value is -0.480. The Labute approximate surface area is 163 Å². The molecule has 1 aliphatic heterocycles. The smallest absolute Gasteiger partial charge is 0.318 e. The molecule has 2 rings (SSSR count). The molecule has 0 aromatic heterocycles. The first-order chi connectivity index (χ1) is 10.8. The molecule has 0 fully saturated rings. The van der Waals surface area contributed by atoms with Gasteiger partial charge in [0, 0.05) is 11.6 Å². The van der Waals surface area contributed by atoms with Crippen LogP contribution in [0.2, 0.25) is 0 Å². The molecule has 1 aliphatic rings. The van der Waals surface area contributed by atoms with Gasteiger partial charge in [0.1, 0.15) is 6.10 Å². The maximum absolute atomic E-state index is 11.2. The lowest BCUT2D eigenvalue weighted by Gasteiger charge is -2.37. The van der Waals surface area contributed by atoms with E-state index in [1.54, 1.807) is 0 Å². The van der Waals surface area contributed by atoms with Gasteiger partial charge < -0.3 is 9.47 Å². The van der Waals surface area contributed by atoms with Crippen molar-refractivity contribution < 1.29 is 19.3 Å². The van der Waals surface area contributed by atoms with Gasteiger partial charge in [0.25, 0.3) is 9.48 Å². The first-order valence-corrected chi connectivity index (χ1v) is 8.01. The van der Waals surface area contributed by atoms with Crippen molar-refractivity contribution in [3.63, 3.8) is 0 Å². The van der Waals surface area contributed by atoms with Gasteiger partial charge in [-0.05, 0) is 0 Å². The van der Waals surface area contributed by atoms with Crippen molar-refractivity contribution >= 4 is 81.0 Å². The molecule has 14 heteroatoms. The Bertz CT molecular complexity index is 702. The molecule has 1 heterocycles. The van der Waals surface area contributed by atoms with Crippen LogP contribution in [0.4, 0.5) is 11.4 Å². The van der Waals surface area contributed by atoms with Crippen LogP contribution in [0.5, 0.6) is 5.75 Å². The summed E-state index contributed by atoms with van der Waals surface area (Å²) in [6.45, 7) is 0. The average Bonchev–Trinajstić information content (AvgIpc) is 2.42. The monoisotopic (exact) mass is 458 g/mol. The second-order valence-electron chi connectivity index (χ2n) is 4.45. The van der Waals surface area contributed by atoms with Crippen molar-refractivity contribution in [2.75, 3.05) is 0 Å². The van der Waals surface area contributed by atoms with Gasteiger partial charge in [-0.2, -0.15) is 0 Å². The molecule has 0 saturated heterocycles. The van der Waals surface area contributed by atoms with Crippen LogP contribution in [0.25, 0.3) is 0 Å². The van der Waals surface area contributed by atoms with Crippen molar-refractivity contribution in [3.8, 4) is 5.75 Å². The van der Waals surface area contributed by atoms with Gasteiger partial charge in [-0.25, -0.2) is 0 Å². The molecule has 0 N–H and O–H groups in total. The maximum Gasteiger partial charge on any atom is 0.318 e. The third kappa shape index (κ3) is 4.01. The lowest BCUT2D eigenvalue weighted by Crippen LogP contribution is -2.42. The molecule has 0 aliphatic carbocycles. The summed E-state index contributed by atoms with van der Waals surface area (Å²) in [5, 5.41) is 22.2. The Kier molecular flexibility index (Phi) is 5.52. The van der Waals surface area contributed by atoms with E-state index in [0.717, 1.165) is 6.07 Å². The highest BCUT2D eigenvalue weighted by Gasteiger charge is 2.50. The fourth-order valence-corrected chi connectivity index (χ4v) is 2.71. The van der Waals surface area contributed by atoms with E-state index >= 15 is 0 Å². The summed E-state index contributed by atoms with van der Waals surface area (Å²) in [5.41, 5.74) is -1.62. The molecule has 0 bridgehead atoms. The minimum absolute atomic E-state index is 0.235. The zero-order chi connectivity index (χ0) is 18.4. The predicted molar refractivity (Wildman–Crippen MR) is 88.6 cm³/mol. The van der Waals surface area contributed by atoms with E-state index in [-0.39, 0.29) is 5.56 Å². The second-order valence-corrected chi connectivity index (χ2v) is 9.18. The zero-order valence-electron chi connectivity index (χ0n) is 10.9. The molecule has 1 aromatic rings. The second kappa shape index (κ2) is 6.68. The van der Waals surface area contributed by atoms with Gasteiger partial charge in [-0.1, -0.05) is 69.6 Å². The Morgan fingerprint density at radius 2 is 1.54 bits per heavy atom. The van der Waals surface area contributed by atoms with Crippen molar-refractivity contribution in [2.45, 2.75) is 20.0 Å². The summed E-state index contributed by atoms with van der Waals surface area (Å²) in [6.07, 6.45) is -3.18. The van der Waals surface area contributed by atoms with Gasteiger partial charge in [0.15, 0.2) is 0 Å². The van der Waals surface area contributed by atoms with E-state index in [4.69, 9.17) is 79.1 Å². The molecule has 2 atom stereocenters. The molecule has 24 heavy (non-hydrogen) atoms. The van der Waals surface area contributed by atoms with Crippen molar-refractivity contribution in [2.24, 2.45) is 0 Å². The number of nitro groups is 2. The zero-order valence-corrected chi connectivity index (χ0v) is 15.5. The molecule has 0 radical (unpaired) electrons. The van der Waals surface area contributed by atoms with Crippen LogP contribution in [0, 0.1) is 20.2 Å². The van der Waals surface area contributed by atoms with E-state index in [1.807, 2.05) is 0 Å². The van der Waals surface area contributed by atoms with E-state index in [1.165, 1.54) is 0 Å². The number of halogens is 6. The van der Waals surface area contributed by atoms with E-state index in [0.29, 0.717) is 6.07 Å². The van der Waals surface area contributed by atoms with Crippen molar-refractivity contribution in [3.05, 3.63) is 37.9 Å². The molecule has 0 spiro atoms. The lowest BCUT2D eigenvalue weighted by molar-refractivity contribution is -0.395. The number of nitro benzene ring substituents is 2. The molecular formula is C10H4Cl6N2O6. The van der Waals surface area contributed by atoms with Gasteiger partial charge in [-0.3, -0.25) is 20.2 Å². The Morgan fingerprint density at radius 1 is 0.958 bits per heavy atom. The maximum atomic E-state index is 11.2. The summed E-state index contributed by atoms with van der Waals surface area (Å²) >= 11 is 34.4. The van der Waals surface area contributed by atoms with Crippen molar-refractivity contribution in [1.29, 1.82) is 0 Å². The van der Waals surface area contributed by atoms with Crippen LogP contribution < -0.4 is 4.74 Å². The Morgan fingerprint density at radius 3 is 1.96 bits per heavy atom. The normalized spacial score (nSPS) is 20.9. The van der Waals surface area contributed by atoms with Crippen LogP contribution in [0.1, 0.15) is 11.7 Å². The van der Waals surface area contributed by atoms with Gasteiger partial charge >= 0.3 is 5.69 Å². The van der Waals surface area contributed by atoms with Crippen LogP contribution in [-0.4, -0.2) is 23.7 Å². The average molecular weight is 461 g/mol. The first kappa shape index (κ1) is 19.8. The molecule has 0 amide bonds. The van der Waals surface area contributed by atoms with E-state index in [2.05, 4.69) is 0 Å². The number of nitrogens with zero attached hydrogens (tertiary/aromatic N) is 2. The topological polar surface area (TPSA) is 105 Å². The molecule has 132 valence electrons. The summed E-state index contributed by atoms with van der Waals surface area (Å²) in [6, 6.07) is 1.60.